The molecule has 1 atom stereocenters. The van der Waals surface area contributed by atoms with Gasteiger partial charge in [0.15, 0.2) is 0 Å². The summed E-state index contributed by atoms with van der Waals surface area (Å²) in [6, 6.07) is 6.14. The van der Waals surface area contributed by atoms with E-state index < -0.39 is 22.0 Å². The molecule has 2 saturated carbocycles. The third-order valence-electron chi connectivity index (χ3n) is 8.96. The van der Waals surface area contributed by atoms with Gasteiger partial charge in [-0.1, -0.05) is 23.8 Å². The number of carbonyl (C=O) groups excluding carboxylic acids is 2. The molecule has 2 aromatic rings. The number of aliphatic carboxylic acids is 1. The van der Waals surface area contributed by atoms with Crippen molar-refractivity contribution in [3.05, 3.63) is 52.2 Å². The molecule has 2 fully saturated rings. The van der Waals surface area contributed by atoms with Crippen LogP contribution in [0.5, 0.6) is 0 Å². The number of nitrogens with one attached hydrogen (secondary N) is 4. The average Bonchev–Trinajstić information content (AvgIpc) is 2.89. The van der Waals surface area contributed by atoms with Crippen molar-refractivity contribution in [1.82, 2.24) is 20.3 Å². The van der Waals surface area contributed by atoms with Gasteiger partial charge in [-0.05, 0) is 93.9 Å². The van der Waals surface area contributed by atoms with Crippen LogP contribution in [0.25, 0.3) is 0 Å². The molecular weight excluding hydrogens is 570 g/mol. The number of anilines is 1. The SMILES string of the molecule is Cc1cc(C)c(S(=O)(=O)N[C@@H](CNC(=O)C2CC3(CC(NC(=O)CCc4ccc5c(n4)NCCC5)C3)C2)C(=O)O)c(C)c1. The van der Waals surface area contributed by atoms with Crippen LogP contribution in [0.15, 0.2) is 29.2 Å². The number of carboxylic acid groups (broad SMARTS) is 1. The van der Waals surface area contributed by atoms with Gasteiger partial charge in [0.05, 0.1) is 4.90 Å². The molecule has 3 aliphatic rings. The smallest absolute Gasteiger partial charge is 0.323 e. The minimum Gasteiger partial charge on any atom is -0.480 e. The zero-order valence-corrected chi connectivity index (χ0v) is 25.8. The zero-order valence-electron chi connectivity index (χ0n) is 25.0. The van der Waals surface area contributed by atoms with Crippen LogP contribution in [-0.2, 0) is 37.2 Å². The van der Waals surface area contributed by atoms with Crippen LogP contribution in [0, 0.1) is 32.1 Å². The topological polar surface area (TPSA) is 167 Å². The molecule has 232 valence electrons. The Morgan fingerprint density at radius 3 is 2.47 bits per heavy atom. The number of hydrogen-bond acceptors (Lipinski definition) is 7. The summed E-state index contributed by atoms with van der Waals surface area (Å²) < 4.78 is 28.3. The van der Waals surface area contributed by atoms with E-state index in [9.17, 15) is 27.9 Å². The Balaban J connectivity index is 1.03. The number of amides is 2. The third kappa shape index (κ3) is 7.01. The van der Waals surface area contributed by atoms with Crippen LogP contribution >= 0.6 is 0 Å². The Morgan fingerprint density at radius 1 is 1.09 bits per heavy atom. The van der Waals surface area contributed by atoms with Crippen molar-refractivity contribution >= 4 is 33.6 Å². The van der Waals surface area contributed by atoms with Crippen LogP contribution in [0.3, 0.4) is 0 Å². The maximum absolute atomic E-state index is 13.0. The first-order valence-electron chi connectivity index (χ1n) is 15.0. The number of carboxylic acids is 1. The van der Waals surface area contributed by atoms with Crippen LogP contribution < -0.4 is 20.7 Å². The molecule has 1 aromatic carbocycles. The Morgan fingerprint density at radius 2 is 1.79 bits per heavy atom. The van der Waals surface area contributed by atoms with Crippen LogP contribution in [-0.4, -0.2) is 61.5 Å². The number of aromatic nitrogens is 1. The second kappa shape index (κ2) is 12.2. The van der Waals surface area contributed by atoms with Gasteiger partial charge in [-0.2, -0.15) is 4.72 Å². The van der Waals surface area contributed by atoms with Crippen LogP contribution in [0.4, 0.5) is 5.82 Å². The minimum atomic E-state index is -4.12. The van der Waals surface area contributed by atoms with Gasteiger partial charge in [-0.15, -0.1) is 0 Å². The number of fused-ring (bicyclic) bond motifs is 1. The summed E-state index contributed by atoms with van der Waals surface area (Å²) >= 11 is 0. The number of benzene rings is 1. The largest absolute Gasteiger partial charge is 0.480 e. The number of hydrogen-bond donors (Lipinski definition) is 5. The molecule has 5 rings (SSSR count). The zero-order chi connectivity index (χ0) is 30.9. The minimum absolute atomic E-state index is 0.000800. The van der Waals surface area contributed by atoms with E-state index in [-0.39, 0.29) is 40.6 Å². The molecule has 5 N–H and O–H groups in total. The van der Waals surface area contributed by atoms with Crippen molar-refractivity contribution in [2.45, 2.75) is 89.1 Å². The van der Waals surface area contributed by atoms with E-state index in [0.29, 0.717) is 36.8 Å². The van der Waals surface area contributed by atoms with Gasteiger partial charge < -0.3 is 21.1 Å². The summed E-state index contributed by atoms with van der Waals surface area (Å²) in [5, 5.41) is 18.7. The van der Waals surface area contributed by atoms with Crippen LogP contribution in [0.2, 0.25) is 0 Å². The van der Waals surface area contributed by atoms with Crippen molar-refractivity contribution in [1.29, 1.82) is 0 Å². The maximum Gasteiger partial charge on any atom is 0.323 e. The summed E-state index contributed by atoms with van der Waals surface area (Å²) in [6.45, 7) is 5.77. The highest BCUT2D eigenvalue weighted by Gasteiger charge is 2.55. The highest BCUT2D eigenvalue weighted by Crippen LogP contribution is 2.58. The van der Waals surface area contributed by atoms with Gasteiger partial charge in [0, 0.05) is 37.2 Å². The van der Waals surface area contributed by atoms with Crippen molar-refractivity contribution < 1.29 is 27.9 Å². The predicted octanol–water partition coefficient (Wildman–Crippen LogP) is 2.52. The van der Waals surface area contributed by atoms with E-state index in [2.05, 4.69) is 31.7 Å². The van der Waals surface area contributed by atoms with E-state index in [1.54, 1.807) is 26.0 Å². The van der Waals surface area contributed by atoms with Crippen molar-refractivity contribution in [2.24, 2.45) is 11.3 Å². The van der Waals surface area contributed by atoms with E-state index in [1.807, 2.05) is 13.0 Å². The molecule has 1 aliphatic heterocycles. The van der Waals surface area contributed by atoms with E-state index in [0.717, 1.165) is 49.3 Å². The average molecular weight is 612 g/mol. The quantitative estimate of drug-likeness (QED) is 0.259. The molecule has 11 nitrogen and oxygen atoms in total. The molecule has 0 bridgehead atoms. The number of aryl methyl sites for hydroxylation is 5. The van der Waals surface area contributed by atoms with E-state index >= 15 is 0 Å². The van der Waals surface area contributed by atoms with Crippen molar-refractivity contribution in [3.63, 3.8) is 0 Å². The molecule has 0 unspecified atom stereocenters. The Bertz CT molecular complexity index is 1500. The molecule has 0 radical (unpaired) electrons. The molecule has 2 heterocycles. The first-order valence-corrected chi connectivity index (χ1v) is 16.5. The van der Waals surface area contributed by atoms with Gasteiger partial charge >= 0.3 is 5.97 Å². The maximum atomic E-state index is 13.0. The lowest BCUT2D eigenvalue weighted by Gasteiger charge is -2.57. The molecule has 2 aliphatic carbocycles. The predicted molar refractivity (Wildman–Crippen MR) is 161 cm³/mol. The first kappa shape index (κ1) is 30.9. The first-order chi connectivity index (χ1) is 20.3. The summed E-state index contributed by atoms with van der Waals surface area (Å²) in [7, 11) is -4.12. The van der Waals surface area contributed by atoms with Gasteiger partial charge in [0.1, 0.15) is 11.9 Å². The molecule has 12 heteroatoms. The lowest BCUT2D eigenvalue weighted by molar-refractivity contribution is -0.142. The number of rotatable bonds is 11. The fourth-order valence-electron chi connectivity index (χ4n) is 7.00. The van der Waals surface area contributed by atoms with E-state index in [1.165, 1.54) is 5.56 Å². The summed E-state index contributed by atoms with van der Waals surface area (Å²) in [5.74, 6) is -0.973. The lowest BCUT2D eigenvalue weighted by atomic mass is 9.50. The standard InChI is InChI=1S/C31H41N5O6S/c1-18-11-19(2)27(20(3)12-18)43(41,42)36-25(30(39)40)17-33-29(38)22-13-31(14-22)15-24(16-31)34-26(37)9-8-23-7-6-21-5-4-10-32-28(21)35-23/h6-7,11-12,22,24-25,36H,4-5,8-10,13-17H2,1-3H3,(H,32,35)(H,33,38)(H,34,37)(H,39,40)/t22?,24?,25-,31?/m0/s1. The second-order valence-corrected chi connectivity index (χ2v) is 14.3. The normalized spacial score (nSPS) is 23.2. The van der Waals surface area contributed by atoms with E-state index in [4.69, 9.17) is 0 Å². The Labute approximate surface area is 252 Å². The molecule has 0 saturated heterocycles. The molecule has 2 amide bonds. The number of carbonyl (C=O) groups is 3. The number of nitrogens with zero attached hydrogens (tertiary/aromatic N) is 1. The Hall–Kier alpha value is -3.51. The fourth-order valence-corrected chi connectivity index (χ4v) is 8.65. The van der Waals surface area contributed by atoms with Gasteiger partial charge in [0.25, 0.3) is 0 Å². The fraction of sp³-hybridized carbons (Fsp3) is 0.548. The van der Waals surface area contributed by atoms with Gasteiger partial charge in [-0.25, -0.2) is 13.4 Å². The summed E-state index contributed by atoms with van der Waals surface area (Å²) in [4.78, 5) is 41.8. The molecule has 1 aromatic heterocycles. The molecule has 1 spiro atoms. The molecular formula is C31H41N5O6S. The van der Waals surface area contributed by atoms with Crippen molar-refractivity contribution in [2.75, 3.05) is 18.4 Å². The monoisotopic (exact) mass is 611 g/mol. The summed E-state index contributed by atoms with van der Waals surface area (Å²) in [6.07, 6.45) is 6.06. The van der Waals surface area contributed by atoms with Crippen LogP contribution in [0.1, 0.15) is 66.5 Å². The highest BCUT2D eigenvalue weighted by molar-refractivity contribution is 7.89. The van der Waals surface area contributed by atoms with Gasteiger partial charge in [0.2, 0.25) is 21.8 Å². The van der Waals surface area contributed by atoms with Gasteiger partial charge in [-0.3, -0.25) is 14.4 Å². The highest BCUT2D eigenvalue weighted by atomic mass is 32.2. The van der Waals surface area contributed by atoms with Crippen molar-refractivity contribution in [3.8, 4) is 0 Å². The number of sulfonamides is 1. The lowest BCUT2D eigenvalue weighted by Crippen LogP contribution is -2.59. The third-order valence-corrected chi connectivity index (χ3v) is 10.7. The Kier molecular flexibility index (Phi) is 8.80. The molecule has 43 heavy (non-hydrogen) atoms. The second-order valence-electron chi connectivity index (χ2n) is 12.6. The summed E-state index contributed by atoms with van der Waals surface area (Å²) in [5.41, 5.74) is 4.11. The number of pyridine rings is 1.